The molecule has 7 unspecified atom stereocenters. The molecule has 1 saturated heterocycles. The van der Waals surface area contributed by atoms with Gasteiger partial charge in [0.15, 0.2) is 12.0 Å². The van der Waals surface area contributed by atoms with Gasteiger partial charge in [0.1, 0.15) is 18.2 Å². The highest BCUT2D eigenvalue weighted by atomic mass is 16.5. The molecule has 0 amide bonds. The lowest BCUT2D eigenvalue weighted by Crippen LogP contribution is -2.59. The summed E-state index contributed by atoms with van der Waals surface area (Å²) in [6.07, 6.45) is 7.31. The third-order valence-electron chi connectivity index (χ3n) is 6.48. The van der Waals surface area contributed by atoms with Crippen LogP contribution in [-0.2, 0) is 9.53 Å². The number of hydrogen-bond donors (Lipinski definition) is 4. The number of hydrogen-bond acceptors (Lipinski definition) is 7. The molecule has 2 aliphatic heterocycles. The molecule has 146 valence electrons. The van der Waals surface area contributed by atoms with Gasteiger partial charge in [0.05, 0.1) is 6.04 Å². The third-order valence-corrected chi connectivity index (χ3v) is 6.48. The normalized spacial score (nSPS) is 43.5. The van der Waals surface area contributed by atoms with E-state index in [0.29, 0.717) is 24.8 Å². The lowest BCUT2D eigenvalue weighted by molar-refractivity contribution is -0.136. The Labute approximate surface area is 155 Å². The van der Waals surface area contributed by atoms with Crippen LogP contribution in [-0.4, -0.2) is 47.4 Å². The van der Waals surface area contributed by atoms with Crippen molar-refractivity contribution < 1.29 is 14.6 Å². The van der Waals surface area contributed by atoms with Crippen LogP contribution < -0.4 is 16.2 Å². The van der Waals surface area contributed by atoms with Gasteiger partial charge in [0.2, 0.25) is 0 Å². The standard InChI is InChI=1S/C19H32N4O3/c1-2-5-16-21-19-17(23-22-16)12-6-3-4-7-13(12)20-18(26-19)11-8-9-14(24)15(25)10-11/h11-14,17-20,23-24H,2-10H2,1H3,(H,21,22). The van der Waals surface area contributed by atoms with Crippen molar-refractivity contribution in [2.75, 3.05) is 0 Å². The Hall–Kier alpha value is -1.02. The number of rotatable bonds is 3. The first-order valence-corrected chi connectivity index (χ1v) is 10.4. The molecule has 7 atom stereocenters. The molecule has 0 aromatic carbocycles. The molecule has 4 aliphatic rings. The molecule has 26 heavy (non-hydrogen) atoms. The fourth-order valence-corrected chi connectivity index (χ4v) is 5.03. The molecule has 0 aromatic heterocycles. The van der Waals surface area contributed by atoms with Gasteiger partial charge in [-0.3, -0.25) is 10.1 Å². The highest BCUT2D eigenvalue weighted by Crippen LogP contribution is 2.36. The maximum absolute atomic E-state index is 12.1. The number of carbonyl (C=O) groups is 1. The molecule has 7 nitrogen and oxygen atoms in total. The number of aliphatic hydroxyl groups is 1. The van der Waals surface area contributed by atoms with Crippen LogP contribution in [0.2, 0.25) is 0 Å². The highest BCUT2D eigenvalue weighted by molar-refractivity contribution is 5.83. The molecule has 4 rings (SSSR count). The molecule has 2 aliphatic carbocycles. The summed E-state index contributed by atoms with van der Waals surface area (Å²) in [5.74, 6) is 1.50. The number of nitrogens with zero attached hydrogens (tertiary/aromatic N) is 1. The monoisotopic (exact) mass is 364 g/mol. The van der Waals surface area contributed by atoms with Crippen LogP contribution in [0.4, 0.5) is 0 Å². The zero-order valence-electron chi connectivity index (χ0n) is 15.6. The van der Waals surface area contributed by atoms with Crippen molar-refractivity contribution in [3.63, 3.8) is 0 Å². The Morgan fingerprint density at radius 3 is 2.88 bits per heavy atom. The quantitative estimate of drug-likeness (QED) is 0.602. The van der Waals surface area contributed by atoms with E-state index in [2.05, 4.69) is 23.1 Å². The minimum absolute atomic E-state index is 0.0498. The number of fused-ring (bicyclic) bond motifs is 3. The minimum atomic E-state index is -0.790. The summed E-state index contributed by atoms with van der Waals surface area (Å²) in [7, 11) is 0. The Kier molecular flexibility index (Phi) is 5.59. The maximum Gasteiger partial charge on any atom is 0.169 e. The molecular weight excluding hydrogens is 332 g/mol. The summed E-state index contributed by atoms with van der Waals surface area (Å²) in [5.41, 5.74) is 6.77. The van der Waals surface area contributed by atoms with Crippen LogP contribution >= 0.6 is 0 Å². The first kappa shape index (κ1) is 18.3. The number of nitrogens with one attached hydrogen (secondary N) is 3. The lowest BCUT2D eigenvalue weighted by atomic mass is 9.79. The maximum atomic E-state index is 12.1. The molecular formula is C19H32N4O3. The number of ketones is 1. The van der Waals surface area contributed by atoms with Crippen LogP contribution in [0.5, 0.6) is 0 Å². The van der Waals surface area contributed by atoms with Gasteiger partial charge in [-0.25, -0.2) is 10.4 Å². The zero-order valence-corrected chi connectivity index (χ0v) is 15.6. The molecule has 2 heterocycles. The van der Waals surface area contributed by atoms with E-state index >= 15 is 0 Å². The summed E-state index contributed by atoms with van der Waals surface area (Å²) in [6.45, 7) is 2.14. The van der Waals surface area contributed by atoms with Crippen LogP contribution in [0.1, 0.15) is 64.7 Å². The van der Waals surface area contributed by atoms with E-state index in [0.717, 1.165) is 31.5 Å². The van der Waals surface area contributed by atoms with E-state index in [-0.39, 0.29) is 30.2 Å². The van der Waals surface area contributed by atoms with E-state index in [1.807, 2.05) is 0 Å². The number of aliphatic hydroxyl groups excluding tert-OH is 1. The van der Waals surface area contributed by atoms with E-state index in [9.17, 15) is 9.90 Å². The average Bonchev–Trinajstić information content (AvgIpc) is 2.81. The number of amidine groups is 1. The van der Waals surface area contributed by atoms with Gasteiger partial charge in [0.25, 0.3) is 0 Å². The van der Waals surface area contributed by atoms with E-state index in [1.54, 1.807) is 0 Å². The van der Waals surface area contributed by atoms with Gasteiger partial charge < -0.3 is 15.3 Å². The second-order valence-electron chi connectivity index (χ2n) is 8.31. The first-order valence-electron chi connectivity index (χ1n) is 10.4. The van der Waals surface area contributed by atoms with Crippen molar-refractivity contribution in [2.45, 2.75) is 95.4 Å². The first-order chi connectivity index (χ1) is 12.7. The Bertz CT molecular complexity index is 555. The highest BCUT2D eigenvalue weighted by Gasteiger charge is 2.45. The van der Waals surface area contributed by atoms with Crippen LogP contribution in [0.3, 0.4) is 0 Å². The Balaban J connectivity index is 1.56. The summed E-state index contributed by atoms with van der Waals surface area (Å²) in [4.78, 5) is 16.9. The van der Waals surface area contributed by atoms with Crippen molar-refractivity contribution in [2.24, 2.45) is 16.8 Å². The van der Waals surface area contributed by atoms with Crippen LogP contribution in [0.25, 0.3) is 0 Å². The Morgan fingerprint density at radius 1 is 1.23 bits per heavy atom. The molecule has 7 heteroatoms. The van der Waals surface area contributed by atoms with E-state index in [1.165, 1.54) is 19.3 Å². The number of hydrazine groups is 1. The SMILES string of the molecule is CCCC1=NC2OC(C3CCC(O)C(=O)C3)NC3CCCCC3C2NN1. The summed E-state index contributed by atoms with van der Waals surface area (Å²) >= 11 is 0. The van der Waals surface area contributed by atoms with E-state index < -0.39 is 6.10 Å². The minimum Gasteiger partial charge on any atom is -0.385 e. The molecule has 0 radical (unpaired) electrons. The van der Waals surface area contributed by atoms with Crippen LogP contribution in [0.15, 0.2) is 4.99 Å². The topological polar surface area (TPSA) is 95.0 Å². The number of carbonyl (C=O) groups excluding carboxylic acids is 1. The van der Waals surface area contributed by atoms with Crippen molar-refractivity contribution >= 4 is 11.6 Å². The van der Waals surface area contributed by atoms with Gasteiger partial charge in [-0.2, -0.15) is 0 Å². The van der Waals surface area contributed by atoms with Gasteiger partial charge in [-0.15, -0.1) is 0 Å². The van der Waals surface area contributed by atoms with Crippen molar-refractivity contribution in [1.82, 2.24) is 16.2 Å². The second kappa shape index (κ2) is 7.92. The molecule has 4 N–H and O–H groups in total. The van der Waals surface area contributed by atoms with Crippen molar-refractivity contribution in [3.8, 4) is 0 Å². The van der Waals surface area contributed by atoms with Crippen molar-refractivity contribution in [3.05, 3.63) is 0 Å². The smallest absolute Gasteiger partial charge is 0.169 e. The fraction of sp³-hybridized carbons (Fsp3) is 0.895. The molecule has 0 spiro atoms. The largest absolute Gasteiger partial charge is 0.385 e. The summed E-state index contributed by atoms with van der Waals surface area (Å²) in [6, 6.07) is 0.547. The number of ether oxygens (including phenoxy) is 1. The summed E-state index contributed by atoms with van der Waals surface area (Å²) < 4.78 is 6.47. The Morgan fingerprint density at radius 2 is 2.08 bits per heavy atom. The fourth-order valence-electron chi connectivity index (χ4n) is 5.03. The van der Waals surface area contributed by atoms with Crippen molar-refractivity contribution in [1.29, 1.82) is 0 Å². The second-order valence-corrected chi connectivity index (χ2v) is 8.31. The van der Waals surface area contributed by atoms with Crippen LogP contribution in [0, 0.1) is 11.8 Å². The number of aliphatic imine (C=N–C) groups is 1. The van der Waals surface area contributed by atoms with Gasteiger partial charge >= 0.3 is 0 Å². The van der Waals surface area contributed by atoms with E-state index in [4.69, 9.17) is 9.73 Å². The van der Waals surface area contributed by atoms with Gasteiger partial charge in [0, 0.05) is 24.8 Å². The molecule has 0 aromatic rings. The summed E-state index contributed by atoms with van der Waals surface area (Å²) in [5, 5.41) is 13.5. The number of Topliss-reactive ketones (excluding diaryl/α,β-unsaturated/α-hetero) is 1. The predicted molar refractivity (Wildman–Crippen MR) is 98.3 cm³/mol. The molecule has 3 fully saturated rings. The average molecular weight is 364 g/mol. The van der Waals surface area contributed by atoms with Gasteiger partial charge in [-0.1, -0.05) is 19.8 Å². The predicted octanol–water partition coefficient (Wildman–Crippen LogP) is 1.22. The zero-order chi connectivity index (χ0) is 18.1. The third kappa shape index (κ3) is 3.67. The molecule has 2 saturated carbocycles. The molecule has 0 bridgehead atoms. The lowest BCUT2D eigenvalue weighted by Gasteiger charge is -2.39. The van der Waals surface area contributed by atoms with Gasteiger partial charge in [-0.05, 0) is 38.0 Å².